The van der Waals surface area contributed by atoms with E-state index in [0.717, 1.165) is 5.56 Å². The van der Waals surface area contributed by atoms with Crippen LogP contribution in [-0.2, 0) is 4.74 Å². The molecule has 1 fully saturated rings. The van der Waals surface area contributed by atoms with Crippen LogP contribution in [0.4, 0.5) is 0 Å². The van der Waals surface area contributed by atoms with Crippen LogP contribution in [0, 0.1) is 6.92 Å². The molecule has 0 radical (unpaired) electrons. The van der Waals surface area contributed by atoms with Gasteiger partial charge < -0.3 is 14.6 Å². The molecule has 2 aromatic heterocycles. The van der Waals surface area contributed by atoms with E-state index in [4.69, 9.17) is 4.74 Å². The molecule has 19 heavy (non-hydrogen) atoms. The quantitative estimate of drug-likeness (QED) is 0.916. The number of morpholine rings is 1. The molecule has 100 valence electrons. The molecule has 5 heteroatoms. The average molecular weight is 276 g/mol. The van der Waals surface area contributed by atoms with Crippen molar-refractivity contribution in [3.63, 3.8) is 0 Å². The molecule has 0 saturated carbocycles. The van der Waals surface area contributed by atoms with Crippen molar-refractivity contribution in [2.24, 2.45) is 0 Å². The van der Waals surface area contributed by atoms with Crippen molar-refractivity contribution in [2.75, 3.05) is 26.3 Å². The number of nitrogens with one attached hydrogen (secondary N) is 1. The van der Waals surface area contributed by atoms with Crippen LogP contribution in [-0.4, -0.2) is 42.1 Å². The maximum atomic E-state index is 12.3. The minimum atomic E-state index is 0.0578. The molecule has 1 aliphatic heterocycles. The van der Waals surface area contributed by atoms with Gasteiger partial charge in [-0.3, -0.25) is 4.79 Å². The molecule has 0 atom stereocenters. The van der Waals surface area contributed by atoms with Gasteiger partial charge in [0.1, 0.15) is 5.69 Å². The number of aromatic amines is 1. The molecule has 4 nitrogen and oxygen atoms in total. The second kappa shape index (κ2) is 5.19. The van der Waals surface area contributed by atoms with Crippen molar-refractivity contribution >= 4 is 17.2 Å². The molecule has 0 aliphatic carbocycles. The molecule has 0 aromatic carbocycles. The van der Waals surface area contributed by atoms with Crippen molar-refractivity contribution < 1.29 is 9.53 Å². The summed E-state index contributed by atoms with van der Waals surface area (Å²) in [6.45, 7) is 4.68. The highest BCUT2D eigenvalue weighted by Crippen LogP contribution is 2.27. The molecule has 0 unspecified atom stereocenters. The Kier molecular flexibility index (Phi) is 3.40. The van der Waals surface area contributed by atoms with Crippen LogP contribution in [0.15, 0.2) is 23.0 Å². The van der Waals surface area contributed by atoms with Gasteiger partial charge >= 0.3 is 0 Å². The minimum Gasteiger partial charge on any atom is -0.378 e. The number of hydrogen-bond acceptors (Lipinski definition) is 3. The molecule has 2 aromatic rings. The number of aromatic nitrogens is 1. The van der Waals surface area contributed by atoms with E-state index in [9.17, 15) is 4.79 Å². The summed E-state index contributed by atoms with van der Waals surface area (Å²) in [6.07, 6.45) is 1.91. The van der Waals surface area contributed by atoms with E-state index >= 15 is 0 Å². The molecule has 1 amide bonds. The van der Waals surface area contributed by atoms with Gasteiger partial charge in [-0.1, -0.05) is 0 Å². The first-order valence-corrected chi connectivity index (χ1v) is 7.28. The lowest BCUT2D eigenvalue weighted by atomic mass is 10.1. The van der Waals surface area contributed by atoms with E-state index in [-0.39, 0.29) is 5.91 Å². The first-order valence-electron chi connectivity index (χ1n) is 6.34. The van der Waals surface area contributed by atoms with Gasteiger partial charge in [0.25, 0.3) is 5.91 Å². The fraction of sp³-hybridized carbons (Fsp3) is 0.357. The number of aryl methyl sites for hydroxylation is 1. The monoisotopic (exact) mass is 276 g/mol. The van der Waals surface area contributed by atoms with E-state index < -0.39 is 0 Å². The van der Waals surface area contributed by atoms with Gasteiger partial charge in [-0.25, -0.2) is 0 Å². The first-order chi connectivity index (χ1) is 9.25. The second-order valence-electron chi connectivity index (χ2n) is 4.68. The van der Waals surface area contributed by atoms with E-state index in [0.29, 0.717) is 32.0 Å². The minimum absolute atomic E-state index is 0.0578. The summed E-state index contributed by atoms with van der Waals surface area (Å²) in [5, 5.41) is 4.23. The summed E-state index contributed by atoms with van der Waals surface area (Å²) in [5.74, 6) is 0.0578. The predicted molar refractivity (Wildman–Crippen MR) is 75.6 cm³/mol. The summed E-state index contributed by atoms with van der Waals surface area (Å²) in [5.41, 5.74) is 4.18. The Hall–Kier alpha value is -1.59. The zero-order valence-electron chi connectivity index (χ0n) is 10.8. The lowest BCUT2D eigenvalue weighted by Crippen LogP contribution is -2.40. The molecular formula is C14H16N2O2S. The standard InChI is InChI=1S/C14H16N2O2S/c1-10-8-19-9-12(10)11-6-13(15-7-11)14(17)16-2-4-18-5-3-16/h6-9,15H,2-5H2,1H3. The Morgan fingerprint density at radius 3 is 2.84 bits per heavy atom. The zero-order chi connectivity index (χ0) is 13.2. The van der Waals surface area contributed by atoms with Gasteiger partial charge in [-0.05, 0) is 34.9 Å². The van der Waals surface area contributed by atoms with E-state index in [1.807, 2.05) is 17.2 Å². The van der Waals surface area contributed by atoms with Gasteiger partial charge in [-0.15, -0.1) is 0 Å². The third-order valence-corrected chi connectivity index (χ3v) is 4.24. The van der Waals surface area contributed by atoms with Crippen molar-refractivity contribution in [3.8, 4) is 11.1 Å². The SMILES string of the molecule is Cc1cscc1-c1c[nH]c(C(=O)N2CCOCC2)c1. The van der Waals surface area contributed by atoms with E-state index in [1.54, 1.807) is 11.3 Å². The fourth-order valence-corrected chi connectivity index (χ4v) is 3.12. The molecule has 1 saturated heterocycles. The number of hydrogen-bond donors (Lipinski definition) is 1. The van der Waals surface area contributed by atoms with Crippen molar-refractivity contribution in [3.05, 3.63) is 34.3 Å². The molecule has 0 spiro atoms. The van der Waals surface area contributed by atoms with Crippen molar-refractivity contribution in [2.45, 2.75) is 6.92 Å². The van der Waals surface area contributed by atoms with Crippen LogP contribution in [0.2, 0.25) is 0 Å². The molecule has 0 bridgehead atoms. The molecule has 1 aliphatic rings. The molecule has 3 heterocycles. The van der Waals surface area contributed by atoms with Gasteiger partial charge in [0.15, 0.2) is 0 Å². The van der Waals surface area contributed by atoms with Crippen LogP contribution in [0.5, 0.6) is 0 Å². The van der Waals surface area contributed by atoms with Gasteiger partial charge in [0, 0.05) is 24.8 Å². The van der Waals surface area contributed by atoms with E-state index in [2.05, 4.69) is 22.7 Å². The van der Waals surface area contributed by atoms with E-state index in [1.165, 1.54) is 11.1 Å². The van der Waals surface area contributed by atoms with Crippen LogP contribution < -0.4 is 0 Å². The van der Waals surface area contributed by atoms with Crippen molar-refractivity contribution in [1.29, 1.82) is 0 Å². The predicted octanol–water partition coefficient (Wildman–Crippen LogP) is 2.52. The number of H-pyrrole nitrogens is 1. The Morgan fingerprint density at radius 2 is 2.16 bits per heavy atom. The highest BCUT2D eigenvalue weighted by molar-refractivity contribution is 7.08. The smallest absolute Gasteiger partial charge is 0.270 e. The Morgan fingerprint density at radius 1 is 1.37 bits per heavy atom. The maximum Gasteiger partial charge on any atom is 0.270 e. The second-order valence-corrected chi connectivity index (χ2v) is 5.42. The number of amides is 1. The van der Waals surface area contributed by atoms with Crippen molar-refractivity contribution in [1.82, 2.24) is 9.88 Å². The first kappa shape index (κ1) is 12.4. The third kappa shape index (κ3) is 2.43. The van der Waals surface area contributed by atoms with Crippen LogP contribution in [0.3, 0.4) is 0 Å². The Labute approximate surface area is 116 Å². The third-order valence-electron chi connectivity index (χ3n) is 3.38. The summed E-state index contributed by atoms with van der Waals surface area (Å²) < 4.78 is 5.26. The number of carbonyl (C=O) groups excluding carboxylic acids is 1. The highest BCUT2D eigenvalue weighted by Gasteiger charge is 2.20. The van der Waals surface area contributed by atoms with Gasteiger partial charge in [0.2, 0.25) is 0 Å². The number of nitrogens with zero attached hydrogens (tertiary/aromatic N) is 1. The van der Waals surface area contributed by atoms with Crippen LogP contribution in [0.1, 0.15) is 16.1 Å². The van der Waals surface area contributed by atoms with Crippen LogP contribution >= 0.6 is 11.3 Å². The summed E-state index contributed by atoms with van der Waals surface area (Å²) in [7, 11) is 0. The summed E-state index contributed by atoms with van der Waals surface area (Å²) in [6, 6.07) is 1.94. The zero-order valence-corrected chi connectivity index (χ0v) is 11.6. The molecular weight excluding hydrogens is 260 g/mol. The molecule has 1 N–H and O–H groups in total. The largest absolute Gasteiger partial charge is 0.378 e. The lowest BCUT2D eigenvalue weighted by Gasteiger charge is -2.26. The maximum absolute atomic E-state index is 12.3. The number of rotatable bonds is 2. The topological polar surface area (TPSA) is 45.3 Å². The number of thiophene rings is 1. The normalized spacial score (nSPS) is 15.7. The Balaban J connectivity index is 1.81. The number of ether oxygens (including phenoxy) is 1. The highest BCUT2D eigenvalue weighted by atomic mass is 32.1. The average Bonchev–Trinajstić information content (AvgIpc) is 3.07. The van der Waals surface area contributed by atoms with Crippen LogP contribution in [0.25, 0.3) is 11.1 Å². The lowest BCUT2D eigenvalue weighted by molar-refractivity contribution is 0.0299. The van der Waals surface area contributed by atoms with Gasteiger partial charge in [-0.2, -0.15) is 11.3 Å². The Bertz CT molecular complexity index is 582. The summed E-state index contributed by atoms with van der Waals surface area (Å²) >= 11 is 1.68. The van der Waals surface area contributed by atoms with Gasteiger partial charge in [0.05, 0.1) is 13.2 Å². The molecule has 3 rings (SSSR count). The fourth-order valence-electron chi connectivity index (χ4n) is 2.27. The summed E-state index contributed by atoms with van der Waals surface area (Å²) in [4.78, 5) is 17.2. The number of carbonyl (C=O) groups is 1.